The summed E-state index contributed by atoms with van der Waals surface area (Å²) in [6.07, 6.45) is 1.44. The van der Waals surface area contributed by atoms with Crippen LogP contribution >= 0.6 is 0 Å². The Morgan fingerprint density at radius 3 is 2.59 bits per heavy atom. The van der Waals surface area contributed by atoms with Gasteiger partial charge in [-0.3, -0.25) is 10.2 Å². The summed E-state index contributed by atoms with van der Waals surface area (Å²) < 4.78 is 18.3. The van der Waals surface area contributed by atoms with Crippen LogP contribution in [0.5, 0.6) is 0 Å². The molecule has 1 saturated heterocycles. The lowest BCUT2D eigenvalue weighted by Crippen LogP contribution is -2.65. The van der Waals surface area contributed by atoms with Crippen molar-refractivity contribution in [2.45, 2.75) is 24.9 Å². The highest BCUT2D eigenvalue weighted by Gasteiger charge is 2.38. The molecular formula is C21H32FN7O3. The molecule has 0 aromatic heterocycles. The van der Waals surface area contributed by atoms with Crippen LogP contribution in [0.1, 0.15) is 13.3 Å². The number of likely N-dealkylation sites (tertiary alicyclic amines) is 1. The van der Waals surface area contributed by atoms with Gasteiger partial charge in [0.05, 0.1) is 11.1 Å². The average molecular weight is 450 g/mol. The molecule has 11 heteroatoms. The molecule has 1 aliphatic heterocycles. The summed E-state index contributed by atoms with van der Waals surface area (Å²) in [6.45, 7) is 3.40. The van der Waals surface area contributed by atoms with Gasteiger partial charge in [-0.25, -0.2) is 9.18 Å². The quantitative estimate of drug-likeness (QED) is 0.222. The van der Waals surface area contributed by atoms with Crippen LogP contribution in [0.3, 0.4) is 0 Å². The first-order valence-corrected chi connectivity index (χ1v) is 10.2. The lowest BCUT2D eigenvalue weighted by atomic mass is 9.87. The topological polar surface area (TPSA) is 150 Å². The summed E-state index contributed by atoms with van der Waals surface area (Å²) in [7, 11) is 3.79. The Morgan fingerprint density at radius 2 is 2.03 bits per heavy atom. The largest absolute Gasteiger partial charge is 0.448 e. The fourth-order valence-electron chi connectivity index (χ4n) is 3.25. The summed E-state index contributed by atoms with van der Waals surface area (Å²) >= 11 is 0. The second-order valence-electron chi connectivity index (χ2n) is 8.28. The highest BCUT2D eigenvalue weighted by atomic mass is 19.1. The lowest BCUT2D eigenvalue weighted by Gasteiger charge is -2.43. The number of ether oxygens (including phenoxy) is 1. The van der Waals surface area contributed by atoms with E-state index in [4.69, 9.17) is 21.6 Å². The molecule has 1 aromatic carbocycles. The number of nitrogens with one attached hydrogen (secondary N) is 3. The molecule has 1 heterocycles. The Balaban J connectivity index is 1.98. The minimum absolute atomic E-state index is 0.0874. The Hall–Kier alpha value is -3.18. The van der Waals surface area contributed by atoms with Crippen LogP contribution in [0.4, 0.5) is 14.9 Å². The SMILES string of the molecule is CN(C)CCOC(=O)N1CC[C@@H](N/C=C(\C(=N)Nc2ccc(F)cc2)C(N)=O)[C@](C)(N)C1. The first-order chi connectivity index (χ1) is 15.0. The van der Waals surface area contributed by atoms with Gasteiger partial charge in [0.1, 0.15) is 18.3 Å². The van der Waals surface area contributed by atoms with Crippen LogP contribution < -0.4 is 22.1 Å². The van der Waals surface area contributed by atoms with Gasteiger partial charge in [-0.15, -0.1) is 0 Å². The molecule has 176 valence electrons. The molecule has 2 atom stereocenters. The van der Waals surface area contributed by atoms with Crippen molar-refractivity contribution in [3.63, 3.8) is 0 Å². The number of carbonyl (C=O) groups is 2. The third kappa shape index (κ3) is 7.20. The number of likely N-dealkylation sites (N-methyl/N-ethyl adjacent to an activating group) is 1. The molecule has 1 aromatic rings. The van der Waals surface area contributed by atoms with E-state index in [1.807, 2.05) is 19.0 Å². The maximum Gasteiger partial charge on any atom is 0.409 e. The number of primary amides is 1. The van der Waals surface area contributed by atoms with Gasteiger partial charge in [-0.1, -0.05) is 0 Å². The normalized spacial score (nSPS) is 21.2. The highest BCUT2D eigenvalue weighted by molar-refractivity contribution is 6.23. The standard InChI is InChI=1S/C21H32FN7O3/c1-21(25)13-29(20(31)32-11-10-28(2)3)9-8-17(21)26-12-16(19(24)30)18(23)27-15-6-4-14(22)5-7-15/h4-7,12,17,26H,8-11,13,25H2,1-3H3,(H2,23,27)(H2,24,30)/b16-12+/t17-,21-/m1/s1. The van der Waals surface area contributed by atoms with Crippen LogP contribution in [-0.2, 0) is 9.53 Å². The Labute approximate surface area is 187 Å². The number of nitrogens with zero attached hydrogens (tertiary/aromatic N) is 2. The number of carbonyl (C=O) groups excluding carboxylic acids is 2. The molecule has 2 amide bonds. The molecular weight excluding hydrogens is 417 g/mol. The van der Waals surface area contributed by atoms with Crippen molar-refractivity contribution >= 4 is 23.5 Å². The van der Waals surface area contributed by atoms with E-state index in [1.165, 1.54) is 30.5 Å². The molecule has 1 fully saturated rings. The number of amides is 2. The first-order valence-electron chi connectivity index (χ1n) is 10.2. The smallest absolute Gasteiger partial charge is 0.409 e. The van der Waals surface area contributed by atoms with Crippen molar-refractivity contribution in [1.29, 1.82) is 5.41 Å². The van der Waals surface area contributed by atoms with Crippen molar-refractivity contribution in [3.05, 3.63) is 41.9 Å². The van der Waals surface area contributed by atoms with Crippen molar-refractivity contribution in [2.75, 3.05) is 45.7 Å². The van der Waals surface area contributed by atoms with Gasteiger partial charge in [-0.05, 0) is 51.7 Å². The third-order valence-corrected chi connectivity index (χ3v) is 5.11. The number of halogens is 1. The van der Waals surface area contributed by atoms with Crippen LogP contribution in [0.2, 0.25) is 0 Å². The van der Waals surface area contributed by atoms with E-state index >= 15 is 0 Å². The molecule has 7 N–H and O–H groups in total. The van der Waals surface area contributed by atoms with E-state index in [9.17, 15) is 14.0 Å². The number of nitrogens with two attached hydrogens (primary N) is 2. The zero-order chi connectivity index (χ0) is 23.9. The molecule has 0 saturated carbocycles. The summed E-state index contributed by atoms with van der Waals surface area (Å²) in [6, 6.07) is 5.09. The molecule has 2 rings (SSSR count). The average Bonchev–Trinajstić information content (AvgIpc) is 2.69. The van der Waals surface area contributed by atoms with Crippen LogP contribution in [0.15, 0.2) is 36.0 Å². The number of rotatable bonds is 8. The van der Waals surface area contributed by atoms with Gasteiger partial charge in [0.2, 0.25) is 0 Å². The van der Waals surface area contributed by atoms with Gasteiger partial charge in [0.25, 0.3) is 5.91 Å². The van der Waals surface area contributed by atoms with Crippen molar-refractivity contribution in [3.8, 4) is 0 Å². The first kappa shape index (κ1) is 25.1. The fraction of sp³-hybridized carbons (Fsp3) is 0.476. The number of hydrogen-bond acceptors (Lipinski definition) is 7. The fourth-order valence-corrected chi connectivity index (χ4v) is 3.25. The van der Waals surface area contributed by atoms with Crippen molar-refractivity contribution < 1.29 is 18.7 Å². The van der Waals surface area contributed by atoms with E-state index in [0.29, 0.717) is 31.8 Å². The number of hydrogen-bond donors (Lipinski definition) is 5. The van der Waals surface area contributed by atoms with E-state index in [0.717, 1.165) is 0 Å². The van der Waals surface area contributed by atoms with Crippen molar-refractivity contribution in [1.82, 2.24) is 15.1 Å². The zero-order valence-electron chi connectivity index (χ0n) is 18.7. The molecule has 10 nitrogen and oxygen atoms in total. The lowest BCUT2D eigenvalue weighted by molar-refractivity contribution is -0.114. The van der Waals surface area contributed by atoms with Gasteiger partial charge >= 0.3 is 6.09 Å². The van der Waals surface area contributed by atoms with Crippen LogP contribution in [0, 0.1) is 11.2 Å². The number of amidine groups is 1. The van der Waals surface area contributed by atoms with Gasteiger partial charge in [0, 0.05) is 37.6 Å². The Kier molecular flexibility index (Phi) is 8.56. The monoisotopic (exact) mass is 449 g/mol. The predicted molar refractivity (Wildman–Crippen MR) is 121 cm³/mol. The highest BCUT2D eigenvalue weighted by Crippen LogP contribution is 2.20. The van der Waals surface area contributed by atoms with Crippen LogP contribution in [0.25, 0.3) is 0 Å². The second kappa shape index (κ2) is 10.9. The molecule has 0 spiro atoms. The summed E-state index contributed by atoms with van der Waals surface area (Å²) in [5, 5.41) is 13.9. The Morgan fingerprint density at radius 1 is 1.38 bits per heavy atom. The minimum Gasteiger partial charge on any atom is -0.448 e. The summed E-state index contributed by atoms with van der Waals surface area (Å²) in [4.78, 5) is 27.6. The molecule has 32 heavy (non-hydrogen) atoms. The number of benzene rings is 1. The van der Waals surface area contributed by atoms with Gasteiger partial charge < -0.3 is 36.6 Å². The summed E-state index contributed by atoms with van der Waals surface area (Å²) in [5.41, 5.74) is 11.4. The van der Waals surface area contributed by atoms with Crippen molar-refractivity contribution in [2.24, 2.45) is 11.5 Å². The number of anilines is 1. The summed E-state index contributed by atoms with van der Waals surface area (Å²) in [5.74, 6) is -1.46. The zero-order valence-corrected chi connectivity index (χ0v) is 18.7. The van der Waals surface area contributed by atoms with E-state index in [1.54, 1.807) is 11.8 Å². The number of piperidine rings is 1. The van der Waals surface area contributed by atoms with E-state index in [2.05, 4.69) is 10.6 Å². The van der Waals surface area contributed by atoms with Gasteiger partial charge in [0.15, 0.2) is 0 Å². The Bertz CT molecular complexity index is 855. The molecule has 0 bridgehead atoms. The maximum atomic E-state index is 13.1. The maximum absolute atomic E-state index is 13.1. The molecule has 1 aliphatic rings. The minimum atomic E-state index is -0.815. The predicted octanol–water partition coefficient (Wildman–Crippen LogP) is 0.664. The third-order valence-electron chi connectivity index (χ3n) is 5.11. The van der Waals surface area contributed by atoms with E-state index in [-0.39, 0.29) is 24.0 Å². The molecule has 0 unspecified atom stereocenters. The molecule has 0 radical (unpaired) electrons. The van der Waals surface area contributed by atoms with Crippen LogP contribution in [-0.4, -0.2) is 79.6 Å². The second-order valence-corrected chi connectivity index (χ2v) is 8.28. The van der Waals surface area contributed by atoms with E-state index < -0.39 is 23.4 Å². The molecule has 0 aliphatic carbocycles. The van der Waals surface area contributed by atoms with Gasteiger partial charge in [-0.2, -0.15) is 0 Å².